The van der Waals surface area contributed by atoms with Crippen LogP contribution in [0.25, 0.3) is 0 Å². The number of alkyl carbamates (subject to hydrolysis) is 1. The fourth-order valence-electron chi connectivity index (χ4n) is 4.19. The Hall–Kier alpha value is -2.04. The van der Waals surface area contributed by atoms with Gasteiger partial charge in [-0.3, -0.25) is 8.98 Å². The van der Waals surface area contributed by atoms with Crippen molar-refractivity contribution >= 4 is 39.4 Å². The van der Waals surface area contributed by atoms with Crippen molar-refractivity contribution in [2.24, 2.45) is 5.92 Å². The summed E-state index contributed by atoms with van der Waals surface area (Å²) < 4.78 is 33.1. The van der Waals surface area contributed by atoms with Crippen LogP contribution in [0.4, 0.5) is 10.5 Å². The van der Waals surface area contributed by atoms with Crippen LogP contribution in [-0.2, 0) is 30.3 Å². The van der Waals surface area contributed by atoms with Crippen LogP contribution >= 0.6 is 11.6 Å². The summed E-state index contributed by atoms with van der Waals surface area (Å²) >= 11 is 6.06. The van der Waals surface area contributed by atoms with E-state index in [2.05, 4.69) is 16.0 Å². The molecule has 1 aromatic carbocycles. The molecule has 2 aliphatic rings. The van der Waals surface area contributed by atoms with Gasteiger partial charge in [0.15, 0.2) is 0 Å². The Labute approximate surface area is 200 Å². The minimum absolute atomic E-state index is 0.0340. The van der Waals surface area contributed by atoms with Crippen molar-refractivity contribution in [2.75, 3.05) is 18.2 Å². The number of carbonyl (C=O) groups excluding carboxylic acids is 2. The van der Waals surface area contributed by atoms with Gasteiger partial charge in [0.05, 0.1) is 18.9 Å². The second kappa shape index (κ2) is 10.1. The van der Waals surface area contributed by atoms with Crippen molar-refractivity contribution in [3.05, 3.63) is 28.8 Å². The number of hydrogen-bond donors (Lipinski definition) is 3. The number of benzene rings is 1. The number of nitrogens with one attached hydrogen (secondary N) is 3. The number of halogens is 1. The molecule has 1 fully saturated rings. The minimum Gasteiger partial charge on any atom is -0.444 e. The van der Waals surface area contributed by atoms with Crippen LogP contribution in [0.3, 0.4) is 0 Å². The summed E-state index contributed by atoms with van der Waals surface area (Å²) in [5, 5.41) is 9.74. The summed E-state index contributed by atoms with van der Waals surface area (Å²) in [5.41, 5.74) is 1.19. The fraction of sp³-hybridized carbons (Fsp3) is 0.636. The van der Waals surface area contributed by atoms with E-state index in [1.807, 2.05) is 12.1 Å². The lowest BCUT2D eigenvalue weighted by Crippen LogP contribution is -2.57. The topological polar surface area (TPSA) is 123 Å². The Kier molecular flexibility index (Phi) is 7.80. The Morgan fingerprint density at radius 1 is 1.18 bits per heavy atom. The highest BCUT2D eigenvalue weighted by Gasteiger charge is 2.36. The van der Waals surface area contributed by atoms with Gasteiger partial charge in [-0.25, -0.2) is 4.79 Å². The molecule has 184 valence electrons. The largest absolute Gasteiger partial charge is 0.444 e. The molecule has 0 saturated heterocycles. The summed E-state index contributed by atoms with van der Waals surface area (Å²) in [7, 11) is -3.56. The number of amides is 2. The van der Waals surface area contributed by atoms with Gasteiger partial charge in [0.1, 0.15) is 11.6 Å². The average molecular weight is 502 g/mol. The lowest BCUT2D eigenvalue weighted by Gasteiger charge is -2.37. The first-order chi connectivity index (χ1) is 15.3. The number of anilines is 1. The van der Waals surface area contributed by atoms with Gasteiger partial charge in [-0.1, -0.05) is 11.6 Å². The van der Waals surface area contributed by atoms with Gasteiger partial charge >= 0.3 is 6.09 Å². The Morgan fingerprint density at radius 2 is 1.91 bits per heavy atom. The van der Waals surface area contributed by atoms with Crippen LogP contribution < -0.4 is 16.0 Å². The molecule has 0 spiro atoms. The SMILES string of the molecule is CC(C)(C)OC(=O)N[C@@H]1C[C@@H](COS(C)(=O)=O)CC[C@@H]1NC(=O)C1Cc2cc(Cl)ccc2N1. The molecular formula is C22H32ClN3O6S. The first-order valence-electron chi connectivity index (χ1n) is 11.0. The lowest BCUT2D eigenvalue weighted by atomic mass is 9.82. The quantitative estimate of drug-likeness (QED) is 0.512. The molecule has 0 bridgehead atoms. The molecule has 1 aliphatic carbocycles. The minimum atomic E-state index is -3.56. The van der Waals surface area contributed by atoms with Gasteiger partial charge in [-0.2, -0.15) is 8.42 Å². The second-order valence-corrected chi connectivity index (χ2v) is 11.8. The van der Waals surface area contributed by atoms with Gasteiger partial charge in [0, 0.05) is 23.2 Å². The zero-order chi connectivity index (χ0) is 24.4. The number of ether oxygens (including phenoxy) is 1. The smallest absolute Gasteiger partial charge is 0.407 e. The molecule has 1 aliphatic heterocycles. The van der Waals surface area contributed by atoms with E-state index < -0.39 is 33.9 Å². The van der Waals surface area contributed by atoms with Crippen molar-refractivity contribution in [3.8, 4) is 0 Å². The highest BCUT2D eigenvalue weighted by molar-refractivity contribution is 7.85. The van der Waals surface area contributed by atoms with E-state index in [0.29, 0.717) is 30.7 Å². The van der Waals surface area contributed by atoms with E-state index in [1.165, 1.54) is 0 Å². The number of hydrogen-bond acceptors (Lipinski definition) is 7. The number of rotatable bonds is 6. The third-order valence-electron chi connectivity index (χ3n) is 5.64. The Bertz CT molecular complexity index is 994. The predicted octanol–water partition coefficient (Wildman–Crippen LogP) is 2.83. The summed E-state index contributed by atoms with van der Waals surface area (Å²) in [6, 6.07) is 4.28. The third kappa shape index (κ3) is 7.75. The maximum atomic E-state index is 13.0. The van der Waals surface area contributed by atoms with E-state index in [4.69, 9.17) is 20.5 Å². The Morgan fingerprint density at radius 3 is 2.58 bits per heavy atom. The highest BCUT2D eigenvalue weighted by atomic mass is 35.5. The predicted molar refractivity (Wildman–Crippen MR) is 126 cm³/mol. The Balaban J connectivity index is 1.65. The first-order valence-corrected chi connectivity index (χ1v) is 13.2. The molecule has 1 heterocycles. The molecule has 11 heteroatoms. The van der Waals surface area contributed by atoms with Crippen molar-refractivity contribution in [3.63, 3.8) is 0 Å². The summed E-state index contributed by atoms with van der Waals surface area (Å²) in [6.45, 7) is 5.34. The molecule has 3 N–H and O–H groups in total. The molecule has 2 amide bonds. The average Bonchev–Trinajstić information content (AvgIpc) is 3.09. The van der Waals surface area contributed by atoms with Crippen molar-refractivity contribution < 1.29 is 26.9 Å². The van der Waals surface area contributed by atoms with Crippen LogP contribution in [0, 0.1) is 5.92 Å². The van der Waals surface area contributed by atoms with Crippen molar-refractivity contribution in [1.29, 1.82) is 0 Å². The lowest BCUT2D eigenvalue weighted by molar-refractivity contribution is -0.123. The summed E-state index contributed by atoms with van der Waals surface area (Å²) in [4.78, 5) is 25.4. The maximum absolute atomic E-state index is 13.0. The zero-order valence-corrected chi connectivity index (χ0v) is 20.9. The monoisotopic (exact) mass is 501 g/mol. The zero-order valence-electron chi connectivity index (χ0n) is 19.3. The van der Waals surface area contributed by atoms with E-state index in [9.17, 15) is 18.0 Å². The summed E-state index contributed by atoms with van der Waals surface area (Å²) in [6.07, 6.45) is 2.61. The van der Waals surface area contributed by atoms with E-state index in [0.717, 1.165) is 17.5 Å². The van der Waals surface area contributed by atoms with E-state index in [-0.39, 0.29) is 24.5 Å². The van der Waals surface area contributed by atoms with Gasteiger partial charge in [0.2, 0.25) is 5.91 Å². The van der Waals surface area contributed by atoms with Crippen LogP contribution in [0.1, 0.15) is 45.6 Å². The fourth-order valence-corrected chi connectivity index (χ4v) is 4.83. The van der Waals surface area contributed by atoms with Crippen molar-refractivity contribution in [1.82, 2.24) is 10.6 Å². The molecule has 1 aromatic rings. The van der Waals surface area contributed by atoms with Crippen LogP contribution in [-0.4, -0.2) is 57.0 Å². The normalized spacial score (nSPS) is 25.0. The molecule has 1 unspecified atom stereocenters. The molecule has 1 saturated carbocycles. The standard InChI is InChI=1S/C22H32ClN3O6S/c1-22(2,3)32-21(28)26-18-9-13(12-31-33(4,29)30)5-7-17(18)25-20(27)19-11-14-10-15(23)6-8-16(14)24-19/h6,8,10,13,17-19,24H,5,7,9,11-12H2,1-4H3,(H,25,27)(H,26,28)/t13-,17-,18+,19?/m0/s1. The number of fused-ring (bicyclic) bond motifs is 1. The summed E-state index contributed by atoms with van der Waals surface area (Å²) in [5.74, 6) is -0.252. The third-order valence-corrected chi connectivity index (χ3v) is 6.44. The van der Waals surface area contributed by atoms with Gasteiger partial charge in [-0.05, 0) is 69.7 Å². The van der Waals surface area contributed by atoms with Crippen LogP contribution in [0.15, 0.2) is 18.2 Å². The molecule has 33 heavy (non-hydrogen) atoms. The second-order valence-electron chi connectivity index (χ2n) is 9.74. The van der Waals surface area contributed by atoms with Gasteiger partial charge in [-0.15, -0.1) is 0 Å². The van der Waals surface area contributed by atoms with Gasteiger partial charge < -0.3 is 20.7 Å². The molecule has 4 atom stereocenters. The van der Waals surface area contributed by atoms with Gasteiger partial charge in [0.25, 0.3) is 10.1 Å². The molecule has 0 radical (unpaired) electrons. The maximum Gasteiger partial charge on any atom is 0.407 e. The molecule has 3 rings (SSSR count). The number of carbonyl (C=O) groups is 2. The van der Waals surface area contributed by atoms with E-state index in [1.54, 1.807) is 26.8 Å². The van der Waals surface area contributed by atoms with Crippen LogP contribution in [0.5, 0.6) is 0 Å². The molecule has 0 aromatic heterocycles. The first kappa shape index (κ1) is 25.6. The van der Waals surface area contributed by atoms with Crippen LogP contribution in [0.2, 0.25) is 5.02 Å². The van der Waals surface area contributed by atoms with E-state index >= 15 is 0 Å². The molecule has 9 nitrogen and oxygen atoms in total. The molecular weight excluding hydrogens is 470 g/mol. The van der Waals surface area contributed by atoms with Crippen molar-refractivity contribution in [2.45, 2.75) is 70.2 Å². The highest BCUT2D eigenvalue weighted by Crippen LogP contribution is 2.30.